The molecule has 0 unspecified atom stereocenters. The van der Waals surface area contributed by atoms with E-state index in [4.69, 9.17) is 9.15 Å². The van der Waals surface area contributed by atoms with Gasteiger partial charge in [-0.2, -0.15) is 0 Å². The highest BCUT2D eigenvalue weighted by Gasteiger charge is 2.29. The van der Waals surface area contributed by atoms with Gasteiger partial charge in [-0.25, -0.2) is 8.42 Å². The summed E-state index contributed by atoms with van der Waals surface area (Å²) in [5.41, 5.74) is 1.39. The Kier molecular flexibility index (Phi) is 6.60. The van der Waals surface area contributed by atoms with Crippen LogP contribution in [0, 0.1) is 0 Å². The molecule has 166 valence electrons. The minimum Gasteiger partial charge on any atom is -0.456 e. The monoisotopic (exact) mass is 454 g/mol. The molecule has 1 aromatic heterocycles. The van der Waals surface area contributed by atoms with Crippen molar-refractivity contribution in [1.82, 2.24) is 14.9 Å². The lowest BCUT2D eigenvalue weighted by Crippen LogP contribution is -2.22. The first-order valence-corrected chi connectivity index (χ1v) is 11.7. The number of fused-ring (bicyclic) bond motifs is 1. The molecular weight excluding hydrogens is 432 g/mol. The Balaban J connectivity index is 1.15. The number of benzene rings is 2. The second kappa shape index (κ2) is 9.73. The number of amidine groups is 1. The van der Waals surface area contributed by atoms with Gasteiger partial charge in [0.05, 0.1) is 4.90 Å². The van der Waals surface area contributed by atoms with Crippen LogP contribution in [0.2, 0.25) is 0 Å². The fourth-order valence-electron chi connectivity index (χ4n) is 3.22. The second-order valence-corrected chi connectivity index (χ2v) is 8.82. The molecule has 0 spiro atoms. The summed E-state index contributed by atoms with van der Waals surface area (Å²) in [6.45, 7) is 0.400. The number of aromatic nitrogens is 2. The van der Waals surface area contributed by atoms with Crippen molar-refractivity contribution in [2.75, 3.05) is 6.54 Å². The lowest BCUT2D eigenvalue weighted by Gasteiger charge is -2.02. The van der Waals surface area contributed by atoms with Crippen LogP contribution in [0.25, 0.3) is 11.5 Å². The zero-order valence-electron chi connectivity index (χ0n) is 17.2. The number of nitrogens with zero attached hydrogens (tertiary/aromatic N) is 3. The Morgan fingerprint density at radius 3 is 2.62 bits per heavy atom. The molecule has 0 amide bonds. The Morgan fingerprint density at radius 2 is 1.78 bits per heavy atom. The molecule has 10 heteroatoms. The molecule has 9 nitrogen and oxygen atoms in total. The van der Waals surface area contributed by atoms with Gasteiger partial charge in [-0.15, -0.1) is 10.2 Å². The minimum atomic E-state index is -3.52. The van der Waals surface area contributed by atoms with E-state index in [1.165, 1.54) is 0 Å². The predicted molar refractivity (Wildman–Crippen MR) is 116 cm³/mol. The molecule has 0 fully saturated rings. The van der Waals surface area contributed by atoms with Crippen molar-refractivity contribution in [3.05, 3.63) is 66.1 Å². The van der Waals surface area contributed by atoms with Gasteiger partial charge in [0.15, 0.2) is 6.61 Å². The SMILES string of the molecule is O=C(CCCCCN=C1NS(=O)(=O)c2ccccc21)OCc1nnc(-c2ccccc2)o1. The first-order valence-electron chi connectivity index (χ1n) is 10.2. The van der Waals surface area contributed by atoms with Crippen molar-refractivity contribution in [3.63, 3.8) is 0 Å². The fraction of sp³-hybridized carbons (Fsp3) is 0.273. The number of sulfonamides is 1. The van der Waals surface area contributed by atoms with Crippen LogP contribution in [0.1, 0.15) is 37.1 Å². The Hall–Kier alpha value is -3.53. The molecule has 1 N–H and O–H groups in total. The lowest BCUT2D eigenvalue weighted by atomic mass is 10.2. The second-order valence-electron chi connectivity index (χ2n) is 7.17. The van der Waals surface area contributed by atoms with Gasteiger partial charge >= 0.3 is 5.97 Å². The zero-order chi connectivity index (χ0) is 22.4. The predicted octanol–water partition coefficient (Wildman–Crippen LogP) is 3.08. The fourth-order valence-corrected chi connectivity index (χ4v) is 4.47. The van der Waals surface area contributed by atoms with Crippen molar-refractivity contribution >= 4 is 21.8 Å². The van der Waals surface area contributed by atoms with E-state index in [0.29, 0.717) is 30.3 Å². The quantitative estimate of drug-likeness (QED) is 0.389. The van der Waals surface area contributed by atoms with Crippen LogP contribution >= 0.6 is 0 Å². The molecule has 0 bridgehead atoms. The van der Waals surface area contributed by atoms with Crippen LogP contribution in [-0.4, -0.2) is 37.0 Å². The van der Waals surface area contributed by atoms with Crippen molar-refractivity contribution in [1.29, 1.82) is 0 Å². The summed E-state index contributed by atoms with van der Waals surface area (Å²) in [6.07, 6.45) is 2.40. The van der Waals surface area contributed by atoms with E-state index in [-0.39, 0.29) is 29.8 Å². The summed E-state index contributed by atoms with van der Waals surface area (Å²) in [6, 6.07) is 16.1. The van der Waals surface area contributed by atoms with E-state index in [2.05, 4.69) is 19.9 Å². The summed E-state index contributed by atoms with van der Waals surface area (Å²) < 4.78 is 37.3. The van der Waals surface area contributed by atoms with Crippen molar-refractivity contribution < 1.29 is 22.4 Å². The van der Waals surface area contributed by atoms with Gasteiger partial charge < -0.3 is 9.15 Å². The number of hydrogen-bond donors (Lipinski definition) is 1. The number of rotatable bonds is 9. The van der Waals surface area contributed by atoms with Gasteiger partial charge in [-0.3, -0.25) is 14.5 Å². The maximum Gasteiger partial charge on any atom is 0.306 e. The van der Waals surface area contributed by atoms with E-state index in [0.717, 1.165) is 18.4 Å². The van der Waals surface area contributed by atoms with Crippen LogP contribution in [0.4, 0.5) is 0 Å². The lowest BCUT2D eigenvalue weighted by molar-refractivity contribution is -0.145. The third kappa shape index (κ3) is 5.20. The number of hydrogen-bond acceptors (Lipinski definition) is 8. The highest BCUT2D eigenvalue weighted by atomic mass is 32.2. The number of carbonyl (C=O) groups excluding carboxylic acids is 1. The summed E-state index contributed by atoms with van der Waals surface area (Å²) in [4.78, 5) is 16.5. The number of nitrogens with one attached hydrogen (secondary N) is 1. The molecule has 3 aromatic rings. The van der Waals surface area contributed by atoms with Crippen LogP contribution in [0.5, 0.6) is 0 Å². The molecule has 0 aliphatic carbocycles. The number of ether oxygens (including phenoxy) is 1. The van der Waals surface area contributed by atoms with Crippen molar-refractivity contribution in [2.45, 2.75) is 37.2 Å². The van der Waals surface area contributed by atoms with E-state index >= 15 is 0 Å². The largest absolute Gasteiger partial charge is 0.456 e. The summed E-state index contributed by atoms with van der Waals surface area (Å²) in [7, 11) is -3.52. The highest BCUT2D eigenvalue weighted by Crippen LogP contribution is 2.22. The molecule has 4 rings (SSSR count). The molecule has 0 atom stereocenters. The maximum absolute atomic E-state index is 12.1. The molecule has 2 heterocycles. The maximum atomic E-state index is 12.1. The van der Waals surface area contributed by atoms with E-state index in [1.807, 2.05) is 30.3 Å². The van der Waals surface area contributed by atoms with Crippen LogP contribution in [0.15, 0.2) is 68.9 Å². The van der Waals surface area contributed by atoms with Gasteiger partial charge in [0.25, 0.3) is 15.9 Å². The molecule has 0 saturated heterocycles. The first kappa shape index (κ1) is 21.7. The Labute approximate surface area is 185 Å². The first-order chi connectivity index (χ1) is 15.5. The number of aliphatic imine (C=N–C) groups is 1. The third-order valence-corrected chi connectivity index (χ3v) is 6.21. The molecule has 0 radical (unpaired) electrons. The van der Waals surface area contributed by atoms with Crippen molar-refractivity contribution in [3.8, 4) is 11.5 Å². The smallest absolute Gasteiger partial charge is 0.306 e. The van der Waals surface area contributed by atoms with E-state index in [1.54, 1.807) is 24.3 Å². The number of unbranched alkanes of at least 4 members (excludes halogenated alkanes) is 2. The zero-order valence-corrected chi connectivity index (χ0v) is 18.0. The van der Waals surface area contributed by atoms with Gasteiger partial charge in [-0.05, 0) is 37.1 Å². The van der Waals surface area contributed by atoms with E-state index < -0.39 is 10.0 Å². The van der Waals surface area contributed by atoms with Crippen LogP contribution in [-0.2, 0) is 26.2 Å². The summed E-state index contributed by atoms with van der Waals surface area (Å²) in [5, 5.41) is 7.84. The minimum absolute atomic E-state index is 0.0636. The molecule has 2 aromatic carbocycles. The summed E-state index contributed by atoms with van der Waals surface area (Å²) >= 11 is 0. The molecule has 32 heavy (non-hydrogen) atoms. The van der Waals surface area contributed by atoms with Gasteiger partial charge in [0.1, 0.15) is 5.84 Å². The highest BCUT2D eigenvalue weighted by molar-refractivity contribution is 7.90. The molecule has 1 aliphatic heterocycles. The molecular formula is C22H22N4O5S. The Bertz CT molecular complexity index is 1220. The topological polar surface area (TPSA) is 124 Å². The van der Waals surface area contributed by atoms with Crippen LogP contribution < -0.4 is 4.72 Å². The molecule has 1 aliphatic rings. The van der Waals surface area contributed by atoms with Crippen LogP contribution in [0.3, 0.4) is 0 Å². The third-order valence-electron chi connectivity index (χ3n) is 4.82. The van der Waals surface area contributed by atoms with Gasteiger partial charge in [0.2, 0.25) is 5.89 Å². The van der Waals surface area contributed by atoms with E-state index in [9.17, 15) is 13.2 Å². The van der Waals surface area contributed by atoms with Crippen molar-refractivity contribution in [2.24, 2.45) is 4.99 Å². The average molecular weight is 455 g/mol. The molecule has 0 saturated carbocycles. The average Bonchev–Trinajstić information content (AvgIpc) is 3.38. The van der Waals surface area contributed by atoms with Gasteiger partial charge in [0, 0.05) is 24.1 Å². The number of carbonyl (C=O) groups is 1. The summed E-state index contributed by atoms with van der Waals surface area (Å²) in [5.74, 6) is 0.653. The Morgan fingerprint density at radius 1 is 1.00 bits per heavy atom. The normalized spacial score (nSPS) is 15.3. The van der Waals surface area contributed by atoms with Gasteiger partial charge in [-0.1, -0.05) is 36.8 Å². The standard InChI is InChI=1S/C22H22N4O5S/c27-20(30-15-19-24-25-22(31-19)16-9-3-1-4-10-16)13-5-2-8-14-23-21-17-11-6-7-12-18(17)32(28,29)26-21/h1,3-4,6-7,9-12H,2,5,8,13-15H2,(H,23,26). The number of esters is 1.